The van der Waals surface area contributed by atoms with Gasteiger partial charge in [0, 0.05) is 36.3 Å². The lowest BCUT2D eigenvalue weighted by molar-refractivity contribution is -0.422. The number of benzene rings is 3. The number of aromatic hydroxyl groups is 2. The van der Waals surface area contributed by atoms with Gasteiger partial charge >= 0.3 is 11.9 Å². The van der Waals surface area contributed by atoms with Crippen molar-refractivity contribution in [3.05, 3.63) is 101 Å². The van der Waals surface area contributed by atoms with Gasteiger partial charge in [-0.1, -0.05) is 48.6 Å². The maximum absolute atomic E-state index is 14.3. The molecule has 276 valence electrons. The first-order valence-corrected chi connectivity index (χ1v) is 16.8. The van der Waals surface area contributed by atoms with Crippen molar-refractivity contribution in [3.8, 4) is 17.2 Å². The molecule has 15 nitrogen and oxygen atoms in total. The monoisotopic (exact) mass is 727 g/mol. The Morgan fingerprint density at radius 1 is 1.02 bits per heavy atom. The quantitative estimate of drug-likeness (QED) is 0.0830. The molecule has 7 rings (SSSR count). The predicted molar refractivity (Wildman–Crippen MR) is 189 cm³/mol. The molecule has 53 heavy (non-hydrogen) atoms. The molecule has 0 saturated carbocycles. The second kappa shape index (κ2) is 13.9. The summed E-state index contributed by atoms with van der Waals surface area (Å²) in [5.74, 6) is -7.78. The number of phenols is 2. The number of allylic oxidation sites excluding steroid dienone is 1. The van der Waals surface area contributed by atoms with E-state index in [1.54, 1.807) is 24.4 Å². The number of nitrogens with zero attached hydrogens (tertiary/aromatic N) is 3. The highest BCUT2D eigenvalue weighted by Gasteiger charge is 2.62. The summed E-state index contributed by atoms with van der Waals surface area (Å²) in [7, 11) is 0. The summed E-state index contributed by atoms with van der Waals surface area (Å²) in [5.41, 5.74) is 0.928. The van der Waals surface area contributed by atoms with Gasteiger partial charge in [0.1, 0.15) is 30.7 Å². The molecule has 0 aromatic heterocycles. The number of aliphatic imine (C=N–C) groups is 2. The molecule has 3 aromatic carbocycles. The maximum atomic E-state index is 14.3. The molecule has 0 unspecified atom stereocenters. The summed E-state index contributed by atoms with van der Waals surface area (Å²) in [5, 5.41) is 84.6. The average Bonchev–Trinajstić information content (AvgIpc) is 3.86. The Kier molecular flexibility index (Phi) is 9.40. The highest BCUT2D eigenvalue weighted by Crippen LogP contribution is 2.59. The van der Waals surface area contributed by atoms with Crippen molar-refractivity contribution in [1.29, 1.82) is 0 Å². The highest BCUT2D eigenvalue weighted by atomic mass is 16.8. The zero-order valence-corrected chi connectivity index (χ0v) is 28.0. The van der Waals surface area contributed by atoms with Gasteiger partial charge in [-0.25, -0.2) is 4.79 Å². The summed E-state index contributed by atoms with van der Waals surface area (Å²) < 4.78 is 10.7. The fraction of sp³-hybridized carbons (Fsp3) is 0.316. The number of aliphatic hydroxyl groups excluding tert-OH is 4. The van der Waals surface area contributed by atoms with E-state index in [-0.39, 0.29) is 17.0 Å². The molecule has 1 saturated heterocycles. The molecule has 1 amide bonds. The number of phenolic OH excluding ortho intramolecular Hbond substituents is 2. The van der Waals surface area contributed by atoms with Crippen LogP contribution in [0.2, 0.25) is 0 Å². The van der Waals surface area contributed by atoms with E-state index in [1.807, 2.05) is 30.3 Å². The number of hydrogen-bond donors (Lipinski definition) is 8. The maximum Gasteiger partial charge on any atom is 0.355 e. The average molecular weight is 728 g/mol. The molecule has 1 fully saturated rings. The van der Waals surface area contributed by atoms with E-state index in [0.717, 1.165) is 16.5 Å². The number of aliphatic hydroxyl groups is 5. The van der Waals surface area contributed by atoms with Gasteiger partial charge < -0.3 is 50.3 Å². The minimum Gasteiger partial charge on any atom is -0.508 e. The molecule has 4 aliphatic rings. The summed E-state index contributed by atoms with van der Waals surface area (Å²) >= 11 is 0. The third-order valence-electron chi connectivity index (χ3n) is 10.1. The number of ether oxygens (including phenoxy) is 2. The second-order valence-corrected chi connectivity index (χ2v) is 13.4. The standard InChI is InChI=1S/C38H37N3O12/c42-18-30-33(46)34(47)35(48)38(51,53-30)52-29-16-26-25(15-28(29)44)32-22(12-20-4-2-1-3-5-20)10-11-37(32,36(49)50)41(26)31(45)9-7-21-6-8-27(43)23(13-21)14-24-17-39-19-40-24/h1-11,13,15-17,22,30,32-35,42-44,46-48,51H,12,14,18-19H2,(H,49,50)/t22-,30-,32-,33-,34+,35-,37+,38-/m1/s1. The molecule has 0 bridgehead atoms. The fourth-order valence-corrected chi connectivity index (χ4v) is 7.54. The van der Waals surface area contributed by atoms with Crippen LogP contribution in [0.4, 0.5) is 5.69 Å². The van der Waals surface area contributed by atoms with E-state index in [9.17, 15) is 50.4 Å². The Morgan fingerprint density at radius 3 is 2.49 bits per heavy atom. The van der Waals surface area contributed by atoms with Crippen LogP contribution in [0.15, 0.2) is 88.9 Å². The van der Waals surface area contributed by atoms with Gasteiger partial charge in [0.25, 0.3) is 5.91 Å². The summed E-state index contributed by atoms with van der Waals surface area (Å²) in [6, 6.07) is 16.4. The lowest BCUT2D eigenvalue weighted by atomic mass is 9.77. The molecule has 8 N–H and O–H groups in total. The third kappa shape index (κ3) is 6.26. The van der Waals surface area contributed by atoms with Gasteiger partial charge in [0.05, 0.1) is 18.0 Å². The number of carbonyl (C=O) groups excluding carboxylic acids is 1. The van der Waals surface area contributed by atoms with Crippen molar-refractivity contribution < 1.29 is 59.9 Å². The molecule has 0 spiro atoms. The number of carbonyl (C=O) groups is 2. The number of amides is 1. The van der Waals surface area contributed by atoms with E-state index < -0.39 is 77.7 Å². The topological polar surface area (TPSA) is 242 Å². The molecule has 3 heterocycles. The lowest BCUT2D eigenvalue weighted by Crippen LogP contribution is -2.67. The van der Waals surface area contributed by atoms with E-state index in [1.165, 1.54) is 30.4 Å². The van der Waals surface area contributed by atoms with Gasteiger partial charge in [-0.3, -0.25) is 19.7 Å². The minimum atomic E-state index is -3.10. The molecule has 8 atom stereocenters. The molecule has 3 aromatic rings. The number of anilines is 1. The Morgan fingerprint density at radius 2 is 1.79 bits per heavy atom. The minimum absolute atomic E-state index is 0.000351. The van der Waals surface area contributed by atoms with E-state index in [2.05, 4.69) is 9.98 Å². The van der Waals surface area contributed by atoms with Crippen LogP contribution in [0.3, 0.4) is 0 Å². The van der Waals surface area contributed by atoms with Crippen molar-refractivity contribution in [1.82, 2.24) is 0 Å². The Hall–Kier alpha value is -5.42. The summed E-state index contributed by atoms with van der Waals surface area (Å²) in [6.45, 7) is -0.578. The van der Waals surface area contributed by atoms with Crippen LogP contribution in [0.1, 0.15) is 28.2 Å². The van der Waals surface area contributed by atoms with Crippen LogP contribution >= 0.6 is 0 Å². The molecule has 0 radical (unpaired) electrons. The van der Waals surface area contributed by atoms with Gasteiger partial charge in [-0.05, 0) is 53.3 Å². The van der Waals surface area contributed by atoms with Crippen molar-refractivity contribution in [2.24, 2.45) is 15.9 Å². The van der Waals surface area contributed by atoms with Crippen LogP contribution in [0.25, 0.3) is 6.08 Å². The first-order chi connectivity index (χ1) is 25.4. The van der Waals surface area contributed by atoms with E-state index >= 15 is 0 Å². The van der Waals surface area contributed by atoms with Crippen LogP contribution < -0.4 is 9.64 Å². The Balaban J connectivity index is 1.29. The highest BCUT2D eigenvalue weighted by molar-refractivity contribution is 6.32. The number of carboxylic acid groups (broad SMARTS) is 1. The number of carboxylic acids is 1. The SMILES string of the molecule is O=C(C=Cc1ccc(O)c(CC2=NCN=C2)c1)N1c2cc(O[C@@]3(O)O[C@H](CO)[C@@H](O)[C@H](O)[C@H]3O)c(O)cc2[C@H]2[C@@H](Cc3ccccc3)C=C[C@@]21C(=O)O. The number of aliphatic carboxylic acids is 1. The van der Waals surface area contributed by atoms with E-state index in [0.29, 0.717) is 36.3 Å². The van der Waals surface area contributed by atoms with Crippen LogP contribution in [0, 0.1) is 5.92 Å². The molecule has 15 heteroatoms. The Bertz CT molecular complexity index is 2050. The van der Waals surface area contributed by atoms with Gasteiger partial charge in [-0.2, -0.15) is 0 Å². The molecular formula is C38H37N3O12. The first kappa shape index (κ1) is 36.0. The van der Waals surface area contributed by atoms with E-state index in [4.69, 9.17) is 9.47 Å². The van der Waals surface area contributed by atoms with Crippen LogP contribution in [0.5, 0.6) is 17.2 Å². The van der Waals surface area contributed by atoms with Gasteiger partial charge in [0.15, 0.2) is 23.1 Å². The predicted octanol–water partition coefficient (Wildman–Crippen LogP) is 1.02. The van der Waals surface area contributed by atoms with Crippen LogP contribution in [-0.2, 0) is 27.2 Å². The molecular weight excluding hydrogens is 690 g/mol. The van der Waals surface area contributed by atoms with Gasteiger partial charge in [-0.15, -0.1) is 0 Å². The second-order valence-electron chi connectivity index (χ2n) is 13.4. The largest absolute Gasteiger partial charge is 0.508 e. The number of rotatable bonds is 10. The van der Waals surface area contributed by atoms with Gasteiger partial charge in [0.2, 0.25) is 0 Å². The first-order valence-electron chi connectivity index (χ1n) is 16.8. The molecule has 3 aliphatic heterocycles. The third-order valence-corrected chi connectivity index (χ3v) is 10.1. The Labute approximate surface area is 302 Å². The van der Waals surface area contributed by atoms with Crippen molar-refractivity contribution >= 4 is 35.6 Å². The van der Waals surface area contributed by atoms with Crippen LogP contribution in [-0.4, -0.2) is 114 Å². The van der Waals surface area contributed by atoms with Crippen molar-refractivity contribution in [3.63, 3.8) is 0 Å². The smallest absolute Gasteiger partial charge is 0.355 e. The van der Waals surface area contributed by atoms with Crippen molar-refractivity contribution in [2.45, 2.75) is 54.7 Å². The molecule has 1 aliphatic carbocycles. The zero-order chi connectivity index (χ0) is 37.7. The lowest BCUT2D eigenvalue weighted by Gasteiger charge is -2.44. The zero-order valence-electron chi connectivity index (χ0n) is 28.0. The number of hydrogen-bond acceptors (Lipinski definition) is 13. The van der Waals surface area contributed by atoms with Crippen molar-refractivity contribution in [2.75, 3.05) is 18.2 Å². The number of fused-ring (bicyclic) bond motifs is 3. The normalized spacial score (nSPS) is 30.1. The fourth-order valence-electron chi connectivity index (χ4n) is 7.54. The summed E-state index contributed by atoms with van der Waals surface area (Å²) in [6.07, 6.45) is 0.402. The summed E-state index contributed by atoms with van der Waals surface area (Å²) in [4.78, 5) is 37.2.